The third-order valence-electron chi connectivity index (χ3n) is 4.38. The molecule has 0 saturated carbocycles. The molecule has 3 N–H and O–H groups in total. The monoisotopic (exact) mass is 337 g/mol. The van der Waals surface area contributed by atoms with Gasteiger partial charge in [0.2, 0.25) is 5.91 Å². The predicted octanol–water partition coefficient (Wildman–Crippen LogP) is 3.27. The molecule has 5 heteroatoms. The van der Waals surface area contributed by atoms with Crippen LogP contribution in [0.3, 0.4) is 0 Å². The largest absolute Gasteiger partial charge is 0.326 e. The molecule has 130 valence electrons. The van der Waals surface area contributed by atoms with Crippen molar-refractivity contribution in [1.82, 2.24) is 5.32 Å². The molecule has 3 rings (SSSR count). The maximum absolute atomic E-state index is 12.2. The number of rotatable bonds is 6. The first-order valence-corrected chi connectivity index (χ1v) is 8.68. The van der Waals surface area contributed by atoms with E-state index < -0.39 is 0 Å². The van der Waals surface area contributed by atoms with E-state index in [2.05, 4.69) is 16.0 Å². The van der Waals surface area contributed by atoms with E-state index in [1.54, 1.807) is 24.3 Å². The highest BCUT2D eigenvalue weighted by atomic mass is 16.2. The molecule has 1 aliphatic heterocycles. The van der Waals surface area contributed by atoms with Gasteiger partial charge in [-0.3, -0.25) is 9.59 Å². The van der Waals surface area contributed by atoms with Crippen LogP contribution in [0.2, 0.25) is 0 Å². The van der Waals surface area contributed by atoms with Gasteiger partial charge in [0.1, 0.15) is 0 Å². The molecule has 0 aliphatic carbocycles. The lowest BCUT2D eigenvalue weighted by Gasteiger charge is -2.10. The first kappa shape index (κ1) is 17.2. The zero-order chi connectivity index (χ0) is 17.5. The van der Waals surface area contributed by atoms with Crippen LogP contribution in [0.15, 0.2) is 54.6 Å². The molecule has 0 aromatic heterocycles. The van der Waals surface area contributed by atoms with Gasteiger partial charge in [-0.1, -0.05) is 24.3 Å². The first-order chi connectivity index (χ1) is 12.2. The quantitative estimate of drug-likeness (QED) is 0.758. The highest BCUT2D eigenvalue weighted by Crippen LogP contribution is 2.18. The molecule has 0 spiro atoms. The van der Waals surface area contributed by atoms with Crippen LogP contribution in [-0.4, -0.2) is 24.9 Å². The van der Waals surface area contributed by atoms with Gasteiger partial charge in [-0.15, -0.1) is 0 Å². The van der Waals surface area contributed by atoms with Crippen LogP contribution in [0.1, 0.15) is 29.6 Å². The Morgan fingerprint density at radius 1 is 1.00 bits per heavy atom. The average Bonchev–Trinajstić information content (AvgIpc) is 3.15. The van der Waals surface area contributed by atoms with E-state index in [0.29, 0.717) is 29.3 Å². The lowest BCUT2D eigenvalue weighted by atomic mass is 10.0. The molecule has 1 saturated heterocycles. The molecular formula is C20H23N3O2. The summed E-state index contributed by atoms with van der Waals surface area (Å²) in [5.41, 5.74) is 1.95. The van der Waals surface area contributed by atoms with E-state index >= 15 is 0 Å². The number of anilines is 2. The van der Waals surface area contributed by atoms with Gasteiger partial charge in [-0.05, 0) is 62.2 Å². The van der Waals surface area contributed by atoms with E-state index in [0.717, 1.165) is 25.9 Å². The van der Waals surface area contributed by atoms with Crippen molar-refractivity contribution < 1.29 is 9.59 Å². The summed E-state index contributed by atoms with van der Waals surface area (Å²) < 4.78 is 0. The smallest absolute Gasteiger partial charge is 0.255 e. The third kappa shape index (κ3) is 5.16. The Morgan fingerprint density at radius 2 is 1.76 bits per heavy atom. The Balaban J connectivity index is 1.53. The van der Waals surface area contributed by atoms with Crippen LogP contribution < -0.4 is 16.0 Å². The van der Waals surface area contributed by atoms with E-state index in [-0.39, 0.29) is 11.8 Å². The zero-order valence-corrected chi connectivity index (χ0v) is 14.1. The summed E-state index contributed by atoms with van der Waals surface area (Å²) in [7, 11) is 0. The fraction of sp³-hybridized carbons (Fsp3) is 0.300. The van der Waals surface area contributed by atoms with Gasteiger partial charge in [-0.2, -0.15) is 0 Å². The minimum Gasteiger partial charge on any atom is -0.326 e. The van der Waals surface area contributed by atoms with Crippen molar-refractivity contribution in [3.05, 3.63) is 60.2 Å². The summed E-state index contributed by atoms with van der Waals surface area (Å²) in [5, 5.41) is 9.07. The van der Waals surface area contributed by atoms with E-state index in [1.165, 1.54) is 0 Å². The van der Waals surface area contributed by atoms with Gasteiger partial charge >= 0.3 is 0 Å². The molecule has 0 bridgehead atoms. The molecule has 1 unspecified atom stereocenters. The maximum Gasteiger partial charge on any atom is 0.255 e. The molecule has 2 aromatic carbocycles. The molecule has 2 aromatic rings. The molecule has 1 aliphatic rings. The highest BCUT2D eigenvalue weighted by molar-refractivity contribution is 6.04. The van der Waals surface area contributed by atoms with Gasteiger partial charge in [-0.25, -0.2) is 0 Å². The number of carbonyl (C=O) groups excluding carboxylic acids is 2. The number of nitrogens with one attached hydrogen (secondary N) is 3. The summed E-state index contributed by atoms with van der Waals surface area (Å²) in [6.07, 6.45) is 2.57. The van der Waals surface area contributed by atoms with Crippen molar-refractivity contribution in [1.29, 1.82) is 0 Å². The summed E-state index contributed by atoms with van der Waals surface area (Å²) in [6, 6.07) is 16.3. The first-order valence-electron chi connectivity index (χ1n) is 8.68. The number of hydrogen-bond acceptors (Lipinski definition) is 3. The average molecular weight is 337 g/mol. The van der Waals surface area contributed by atoms with Crippen molar-refractivity contribution in [3.8, 4) is 0 Å². The van der Waals surface area contributed by atoms with E-state index in [9.17, 15) is 9.59 Å². The molecule has 25 heavy (non-hydrogen) atoms. The number of hydrogen-bond donors (Lipinski definition) is 3. The Hall–Kier alpha value is -2.66. The van der Waals surface area contributed by atoms with Crippen LogP contribution in [-0.2, 0) is 4.79 Å². The summed E-state index contributed by atoms with van der Waals surface area (Å²) in [4.78, 5) is 24.3. The molecule has 5 nitrogen and oxygen atoms in total. The topological polar surface area (TPSA) is 70.2 Å². The second-order valence-electron chi connectivity index (χ2n) is 6.35. The number of benzene rings is 2. The Labute approximate surface area is 147 Å². The number of amides is 2. The Kier molecular flexibility index (Phi) is 5.80. The summed E-state index contributed by atoms with van der Waals surface area (Å²) in [5.74, 6) is 0.443. The third-order valence-corrected chi connectivity index (χ3v) is 4.38. The van der Waals surface area contributed by atoms with Gasteiger partial charge in [0.05, 0.1) is 0 Å². The minimum absolute atomic E-state index is 0.0124. The van der Waals surface area contributed by atoms with E-state index in [4.69, 9.17) is 0 Å². The van der Waals surface area contributed by atoms with Crippen LogP contribution in [0.4, 0.5) is 11.4 Å². The molecule has 1 heterocycles. The molecular weight excluding hydrogens is 314 g/mol. The van der Waals surface area contributed by atoms with Crippen LogP contribution >= 0.6 is 0 Å². The van der Waals surface area contributed by atoms with Gasteiger partial charge < -0.3 is 16.0 Å². The second-order valence-corrected chi connectivity index (χ2v) is 6.35. The predicted molar refractivity (Wildman–Crippen MR) is 99.7 cm³/mol. The number of carbonyl (C=O) groups is 2. The minimum atomic E-state index is -0.169. The SMILES string of the molecule is O=C(CCC1CCNC1)Nc1cccc(NC(=O)c2ccccc2)c1. The maximum atomic E-state index is 12.2. The molecule has 2 amide bonds. The van der Waals surface area contributed by atoms with E-state index in [1.807, 2.05) is 30.3 Å². The fourth-order valence-corrected chi connectivity index (χ4v) is 2.99. The fourth-order valence-electron chi connectivity index (χ4n) is 2.99. The molecule has 0 radical (unpaired) electrons. The normalized spacial score (nSPS) is 16.4. The molecule has 1 atom stereocenters. The lowest BCUT2D eigenvalue weighted by Crippen LogP contribution is -2.15. The van der Waals surface area contributed by atoms with Crippen molar-refractivity contribution >= 4 is 23.2 Å². The second kappa shape index (κ2) is 8.44. The molecule has 1 fully saturated rings. The Bertz CT molecular complexity index is 725. The standard InChI is InChI=1S/C20H23N3O2/c24-19(10-9-15-11-12-21-14-15)22-17-7-4-8-18(13-17)23-20(25)16-5-2-1-3-6-16/h1-8,13,15,21H,9-12,14H2,(H,22,24)(H,23,25). The lowest BCUT2D eigenvalue weighted by molar-refractivity contribution is -0.116. The summed E-state index contributed by atoms with van der Waals surface area (Å²) in [6.45, 7) is 2.06. The van der Waals surface area contributed by atoms with Crippen molar-refractivity contribution in [3.63, 3.8) is 0 Å². The highest BCUT2D eigenvalue weighted by Gasteiger charge is 2.15. The van der Waals surface area contributed by atoms with Gasteiger partial charge in [0.15, 0.2) is 0 Å². The van der Waals surface area contributed by atoms with Gasteiger partial charge in [0, 0.05) is 23.4 Å². The van der Waals surface area contributed by atoms with Crippen molar-refractivity contribution in [2.24, 2.45) is 5.92 Å². The van der Waals surface area contributed by atoms with Gasteiger partial charge in [0.25, 0.3) is 5.91 Å². The zero-order valence-electron chi connectivity index (χ0n) is 14.1. The van der Waals surface area contributed by atoms with Crippen molar-refractivity contribution in [2.75, 3.05) is 23.7 Å². The summed E-state index contributed by atoms with van der Waals surface area (Å²) >= 11 is 0. The van der Waals surface area contributed by atoms with Crippen LogP contribution in [0, 0.1) is 5.92 Å². The Morgan fingerprint density at radius 3 is 2.48 bits per heavy atom. The van der Waals surface area contributed by atoms with Crippen LogP contribution in [0.5, 0.6) is 0 Å². The van der Waals surface area contributed by atoms with Crippen molar-refractivity contribution in [2.45, 2.75) is 19.3 Å². The van der Waals surface area contributed by atoms with Crippen LogP contribution in [0.25, 0.3) is 0 Å².